The van der Waals surface area contributed by atoms with Crippen molar-refractivity contribution in [3.05, 3.63) is 29.3 Å². The van der Waals surface area contributed by atoms with Crippen LogP contribution in [0.15, 0.2) is 18.2 Å². The highest BCUT2D eigenvalue weighted by Crippen LogP contribution is 2.26. The molecule has 0 spiro atoms. The number of carbonyl (C=O) groups is 1. The lowest BCUT2D eigenvalue weighted by Gasteiger charge is -2.19. The summed E-state index contributed by atoms with van der Waals surface area (Å²) in [5.41, 5.74) is 2.20. The summed E-state index contributed by atoms with van der Waals surface area (Å²) in [7, 11) is 1.66. The van der Waals surface area contributed by atoms with E-state index in [2.05, 4.69) is 16.7 Å². The predicted octanol–water partition coefficient (Wildman–Crippen LogP) is 2.21. The van der Waals surface area contributed by atoms with Crippen molar-refractivity contribution in [3.8, 4) is 5.75 Å². The molecule has 1 aromatic rings. The zero-order valence-corrected chi connectivity index (χ0v) is 13.0. The SMILES string of the molecule is COc1ccc(C)cc1C(C)NC(=O)C1CCNC1.Cl. The van der Waals surface area contributed by atoms with Gasteiger partial charge in [-0.1, -0.05) is 17.7 Å². The van der Waals surface area contributed by atoms with Gasteiger partial charge in [0.05, 0.1) is 19.1 Å². The molecule has 112 valence electrons. The van der Waals surface area contributed by atoms with E-state index in [1.54, 1.807) is 7.11 Å². The minimum absolute atomic E-state index is 0. The summed E-state index contributed by atoms with van der Waals surface area (Å²) in [4.78, 5) is 12.1. The van der Waals surface area contributed by atoms with Crippen molar-refractivity contribution < 1.29 is 9.53 Å². The van der Waals surface area contributed by atoms with Gasteiger partial charge in [0.2, 0.25) is 5.91 Å². The Kier molecular flexibility index (Phi) is 6.30. The van der Waals surface area contributed by atoms with Gasteiger partial charge in [-0.25, -0.2) is 0 Å². The Balaban J connectivity index is 0.00000200. The average molecular weight is 299 g/mol. The Morgan fingerprint density at radius 3 is 2.85 bits per heavy atom. The molecule has 5 heteroatoms. The van der Waals surface area contributed by atoms with E-state index in [1.807, 2.05) is 26.0 Å². The Labute approximate surface area is 126 Å². The normalized spacial score (nSPS) is 19.1. The number of ether oxygens (including phenoxy) is 1. The van der Waals surface area contributed by atoms with Crippen LogP contribution in [0.1, 0.15) is 30.5 Å². The number of hydrogen-bond donors (Lipinski definition) is 2. The maximum Gasteiger partial charge on any atom is 0.224 e. The summed E-state index contributed by atoms with van der Waals surface area (Å²) in [5, 5.41) is 6.29. The van der Waals surface area contributed by atoms with E-state index in [9.17, 15) is 4.79 Å². The Hall–Kier alpha value is -1.26. The van der Waals surface area contributed by atoms with E-state index in [0.29, 0.717) is 0 Å². The molecule has 1 aromatic carbocycles. The number of halogens is 1. The molecule has 1 saturated heterocycles. The first-order valence-electron chi connectivity index (χ1n) is 6.77. The zero-order valence-electron chi connectivity index (χ0n) is 12.2. The maximum atomic E-state index is 12.1. The van der Waals surface area contributed by atoms with Gasteiger partial charge in [0.15, 0.2) is 0 Å². The number of aryl methyl sites for hydroxylation is 1. The third-order valence-electron chi connectivity index (χ3n) is 3.64. The summed E-state index contributed by atoms with van der Waals surface area (Å²) in [6.07, 6.45) is 0.920. The smallest absolute Gasteiger partial charge is 0.224 e. The fourth-order valence-electron chi connectivity index (χ4n) is 2.48. The number of hydrogen-bond acceptors (Lipinski definition) is 3. The average Bonchev–Trinajstić information content (AvgIpc) is 2.92. The van der Waals surface area contributed by atoms with E-state index in [-0.39, 0.29) is 30.3 Å². The quantitative estimate of drug-likeness (QED) is 0.896. The van der Waals surface area contributed by atoms with Gasteiger partial charge >= 0.3 is 0 Å². The van der Waals surface area contributed by atoms with Crippen LogP contribution in [-0.4, -0.2) is 26.1 Å². The molecule has 2 rings (SSSR count). The van der Waals surface area contributed by atoms with Crippen molar-refractivity contribution in [2.75, 3.05) is 20.2 Å². The lowest BCUT2D eigenvalue weighted by Crippen LogP contribution is -2.34. The van der Waals surface area contributed by atoms with Gasteiger partial charge in [0, 0.05) is 12.1 Å². The van der Waals surface area contributed by atoms with Gasteiger partial charge in [-0.2, -0.15) is 0 Å². The number of carbonyl (C=O) groups excluding carboxylic acids is 1. The highest BCUT2D eigenvalue weighted by atomic mass is 35.5. The molecule has 0 saturated carbocycles. The number of amides is 1. The molecule has 1 aliphatic heterocycles. The molecule has 0 radical (unpaired) electrons. The van der Waals surface area contributed by atoms with E-state index in [0.717, 1.165) is 30.8 Å². The van der Waals surface area contributed by atoms with E-state index in [4.69, 9.17) is 4.74 Å². The molecule has 1 aliphatic rings. The summed E-state index contributed by atoms with van der Waals surface area (Å²) in [6, 6.07) is 5.99. The van der Waals surface area contributed by atoms with Crippen molar-refractivity contribution in [1.29, 1.82) is 0 Å². The Morgan fingerprint density at radius 2 is 2.25 bits per heavy atom. The fourth-order valence-corrected chi connectivity index (χ4v) is 2.48. The molecule has 20 heavy (non-hydrogen) atoms. The minimum Gasteiger partial charge on any atom is -0.496 e. The second kappa shape index (κ2) is 7.50. The molecule has 2 N–H and O–H groups in total. The first-order valence-corrected chi connectivity index (χ1v) is 6.77. The monoisotopic (exact) mass is 298 g/mol. The first kappa shape index (κ1) is 16.8. The lowest BCUT2D eigenvalue weighted by atomic mass is 10.0. The van der Waals surface area contributed by atoms with Gasteiger partial charge in [-0.05, 0) is 32.9 Å². The van der Waals surface area contributed by atoms with Crippen LogP contribution in [0.4, 0.5) is 0 Å². The molecular formula is C15H23ClN2O2. The molecule has 1 amide bonds. The van der Waals surface area contributed by atoms with Crippen molar-refractivity contribution >= 4 is 18.3 Å². The topological polar surface area (TPSA) is 50.4 Å². The van der Waals surface area contributed by atoms with E-state index in [1.165, 1.54) is 5.56 Å². The fraction of sp³-hybridized carbons (Fsp3) is 0.533. The molecular weight excluding hydrogens is 276 g/mol. The number of benzene rings is 1. The van der Waals surface area contributed by atoms with Crippen molar-refractivity contribution in [1.82, 2.24) is 10.6 Å². The van der Waals surface area contributed by atoms with Crippen LogP contribution in [0.25, 0.3) is 0 Å². The largest absolute Gasteiger partial charge is 0.496 e. The molecule has 2 atom stereocenters. The molecule has 2 unspecified atom stereocenters. The van der Waals surface area contributed by atoms with Gasteiger partial charge in [-0.3, -0.25) is 4.79 Å². The number of nitrogens with one attached hydrogen (secondary N) is 2. The number of methoxy groups -OCH3 is 1. The Morgan fingerprint density at radius 1 is 1.50 bits per heavy atom. The van der Waals surface area contributed by atoms with E-state index < -0.39 is 0 Å². The summed E-state index contributed by atoms with van der Waals surface area (Å²) >= 11 is 0. The highest BCUT2D eigenvalue weighted by molar-refractivity contribution is 5.85. The predicted molar refractivity (Wildman–Crippen MR) is 82.5 cm³/mol. The van der Waals surface area contributed by atoms with Crippen LogP contribution in [0, 0.1) is 12.8 Å². The van der Waals surface area contributed by atoms with Crippen LogP contribution in [-0.2, 0) is 4.79 Å². The molecule has 1 heterocycles. The second-order valence-corrected chi connectivity index (χ2v) is 5.17. The second-order valence-electron chi connectivity index (χ2n) is 5.17. The lowest BCUT2D eigenvalue weighted by molar-refractivity contribution is -0.125. The zero-order chi connectivity index (χ0) is 13.8. The van der Waals surface area contributed by atoms with Crippen molar-refractivity contribution in [2.24, 2.45) is 5.92 Å². The summed E-state index contributed by atoms with van der Waals surface area (Å²) in [5.74, 6) is 1.04. The highest BCUT2D eigenvalue weighted by Gasteiger charge is 2.24. The minimum atomic E-state index is -0.0389. The van der Waals surface area contributed by atoms with Gasteiger partial charge in [0.25, 0.3) is 0 Å². The molecule has 0 aromatic heterocycles. The van der Waals surface area contributed by atoms with E-state index >= 15 is 0 Å². The molecule has 4 nitrogen and oxygen atoms in total. The van der Waals surface area contributed by atoms with Crippen LogP contribution in [0.2, 0.25) is 0 Å². The molecule has 1 fully saturated rings. The first-order chi connectivity index (χ1) is 9.11. The molecule has 0 bridgehead atoms. The summed E-state index contributed by atoms with van der Waals surface area (Å²) in [6.45, 7) is 5.75. The van der Waals surface area contributed by atoms with Crippen LogP contribution in [0.5, 0.6) is 5.75 Å². The Bertz CT molecular complexity index is 459. The van der Waals surface area contributed by atoms with Crippen molar-refractivity contribution in [3.63, 3.8) is 0 Å². The van der Waals surface area contributed by atoms with Crippen LogP contribution < -0.4 is 15.4 Å². The molecule has 0 aliphatic carbocycles. The van der Waals surface area contributed by atoms with Crippen molar-refractivity contribution in [2.45, 2.75) is 26.3 Å². The van der Waals surface area contributed by atoms with Crippen LogP contribution in [0.3, 0.4) is 0 Å². The standard InChI is InChI=1S/C15H22N2O2.ClH/c1-10-4-5-14(19-3)13(8-10)11(2)17-15(18)12-6-7-16-9-12;/h4-5,8,11-12,16H,6-7,9H2,1-3H3,(H,17,18);1H. The summed E-state index contributed by atoms with van der Waals surface area (Å²) < 4.78 is 5.36. The number of rotatable bonds is 4. The van der Waals surface area contributed by atoms with Crippen LogP contribution >= 0.6 is 12.4 Å². The van der Waals surface area contributed by atoms with Gasteiger partial charge < -0.3 is 15.4 Å². The third-order valence-corrected chi connectivity index (χ3v) is 3.64. The van der Waals surface area contributed by atoms with Gasteiger partial charge in [-0.15, -0.1) is 12.4 Å². The third kappa shape index (κ3) is 3.87. The maximum absolute atomic E-state index is 12.1. The van der Waals surface area contributed by atoms with Gasteiger partial charge in [0.1, 0.15) is 5.75 Å².